The van der Waals surface area contributed by atoms with Gasteiger partial charge in [0.05, 0.1) is 6.61 Å². The third kappa shape index (κ3) is 4.05. The van der Waals surface area contributed by atoms with E-state index in [2.05, 4.69) is 9.47 Å². The topological polar surface area (TPSA) is 18.5 Å². The van der Waals surface area contributed by atoms with Gasteiger partial charge in [0.15, 0.2) is 5.56 Å². The van der Waals surface area contributed by atoms with Gasteiger partial charge in [-0.25, -0.2) is 0 Å². The molecule has 0 fully saturated rings. The van der Waals surface area contributed by atoms with Crippen molar-refractivity contribution in [3.63, 3.8) is 0 Å². The second-order valence-electron chi connectivity index (χ2n) is 1.10. The van der Waals surface area contributed by atoms with Crippen molar-refractivity contribution in [3.05, 3.63) is 0 Å². The highest BCUT2D eigenvalue weighted by Gasteiger charge is 1.96. The second kappa shape index (κ2) is 4.37. The number of halogens is 1. The first kappa shape index (κ1) is 7.21. The SMILES string of the molecule is COCC(Cl)OC. The minimum atomic E-state index is -0.301. The second-order valence-corrected chi connectivity index (χ2v) is 1.59. The number of hydrogen-bond donors (Lipinski definition) is 0. The van der Waals surface area contributed by atoms with E-state index >= 15 is 0 Å². The number of hydrogen-bond acceptors (Lipinski definition) is 2. The van der Waals surface area contributed by atoms with Crippen molar-refractivity contribution in [2.45, 2.75) is 5.56 Å². The zero-order chi connectivity index (χ0) is 5.70. The Kier molecular flexibility index (Phi) is 4.50. The summed E-state index contributed by atoms with van der Waals surface area (Å²) in [7, 11) is 3.12. The average molecular weight is 125 g/mol. The summed E-state index contributed by atoms with van der Waals surface area (Å²) >= 11 is 5.42. The van der Waals surface area contributed by atoms with Crippen LogP contribution in [0.4, 0.5) is 0 Å². The predicted molar refractivity (Wildman–Crippen MR) is 28.5 cm³/mol. The lowest BCUT2D eigenvalue weighted by Gasteiger charge is -2.02. The van der Waals surface area contributed by atoms with Crippen LogP contribution in [0.3, 0.4) is 0 Å². The van der Waals surface area contributed by atoms with E-state index < -0.39 is 0 Å². The Morgan fingerprint density at radius 2 is 2.14 bits per heavy atom. The van der Waals surface area contributed by atoms with Crippen LogP contribution in [-0.2, 0) is 9.47 Å². The fourth-order valence-corrected chi connectivity index (χ4v) is 0.325. The first-order valence-electron chi connectivity index (χ1n) is 1.97. The molecule has 0 amide bonds. The standard InChI is InChI=1S/C4H9ClO2/c1-6-3-4(5)7-2/h4H,3H2,1-2H3. The van der Waals surface area contributed by atoms with Gasteiger partial charge in [-0.3, -0.25) is 0 Å². The molecular formula is C4H9ClO2. The van der Waals surface area contributed by atoms with Crippen LogP contribution < -0.4 is 0 Å². The molecule has 2 nitrogen and oxygen atoms in total. The third-order valence-corrected chi connectivity index (χ3v) is 0.858. The van der Waals surface area contributed by atoms with Gasteiger partial charge in [-0.1, -0.05) is 11.6 Å². The van der Waals surface area contributed by atoms with E-state index in [-0.39, 0.29) is 5.56 Å². The van der Waals surface area contributed by atoms with E-state index in [4.69, 9.17) is 11.6 Å². The minimum absolute atomic E-state index is 0.301. The zero-order valence-corrected chi connectivity index (χ0v) is 5.23. The lowest BCUT2D eigenvalue weighted by Crippen LogP contribution is -2.08. The number of methoxy groups -OCH3 is 2. The molecule has 1 atom stereocenters. The van der Waals surface area contributed by atoms with Crippen molar-refractivity contribution in [2.75, 3.05) is 20.8 Å². The van der Waals surface area contributed by atoms with Gasteiger partial charge < -0.3 is 9.47 Å². The highest BCUT2D eigenvalue weighted by molar-refractivity contribution is 6.19. The van der Waals surface area contributed by atoms with Crippen LogP contribution in [0.5, 0.6) is 0 Å². The lowest BCUT2D eigenvalue weighted by molar-refractivity contribution is 0.0769. The molecule has 0 saturated heterocycles. The van der Waals surface area contributed by atoms with Gasteiger partial charge in [0, 0.05) is 14.2 Å². The van der Waals surface area contributed by atoms with Gasteiger partial charge in [0.2, 0.25) is 0 Å². The number of alkyl halides is 1. The molecule has 0 N–H and O–H groups in total. The predicted octanol–water partition coefficient (Wildman–Crippen LogP) is 0.844. The van der Waals surface area contributed by atoms with Crippen LogP contribution in [0.15, 0.2) is 0 Å². The highest BCUT2D eigenvalue weighted by atomic mass is 35.5. The number of rotatable bonds is 3. The molecule has 0 aliphatic heterocycles. The fourth-order valence-electron chi connectivity index (χ4n) is 0.199. The summed E-state index contributed by atoms with van der Waals surface area (Å²) in [6.07, 6.45) is 0. The van der Waals surface area contributed by atoms with Crippen molar-refractivity contribution in [1.29, 1.82) is 0 Å². The van der Waals surface area contributed by atoms with Crippen molar-refractivity contribution >= 4 is 11.6 Å². The van der Waals surface area contributed by atoms with Crippen LogP contribution in [0.25, 0.3) is 0 Å². The van der Waals surface area contributed by atoms with Crippen molar-refractivity contribution in [1.82, 2.24) is 0 Å². The summed E-state index contributed by atoms with van der Waals surface area (Å²) in [6, 6.07) is 0. The van der Waals surface area contributed by atoms with Crippen LogP contribution in [0.1, 0.15) is 0 Å². The van der Waals surface area contributed by atoms with Gasteiger partial charge in [-0.05, 0) is 0 Å². The van der Waals surface area contributed by atoms with Crippen molar-refractivity contribution in [3.8, 4) is 0 Å². The summed E-state index contributed by atoms with van der Waals surface area (Å²) in [4.78, 5) is 0. The van der Waals surface area contributed by atoms with Crippen LogP contribution in [0, 0.1) is 0 Å². The van der Waals surface area contributed by atoms with Crippen molar-refractivity contribution < 1.29 is 9.47 Å². The normalized spacial score (nSPS) is 14.1. The Morgan fingerprint density at radius 3 is 2.29 bits per heavy atom. The maximum absolute atomic E-state index is 5.42. The number of ether oxygens (including phenoxy) is 2. The Hall–Kier alpha value is 0.210. The molecular weight excluding hydrogens is 115 g/mol. The molecule has 0 aromatic heterocycles. The molecule has 0 rings (SSSR count). The van der Waals surface area contributed by atoms with Gasteiger partial charge in [-0.2, -0.15) is 0 Å². The van der Waals surface area contributed by atoms with E-state index in [1.54, 1.807) is 7.11 Å². The lowest BCUT2D eigenvalue weighted by atomic mass is 10.8. The Labute approximate surface area is 48.4 Å². The highest BCUT2D eigenvalue weighted by Crippen LogP contribution is 1.93. The maximum atomic E-state index is 5.42. The first-order chi connectivity index (χ1) is 3.31. The molecule has 3 heteroatoms. The van der Waals surface area contributed by atoms with E-state index in [0.29, 0.717) is 6.61 Å². The molecule has 0 radical (unpaired) electrons. The average Bonchev–Trinajstić information content (AvgIpc) is 1.68. The molecule has 0 aromatic carbocycles. The van der Waals surface area contributed by atoms with Crippen molar-refractivity contribution in [2.24, 2.45) is 0 Å². The van der Waals surface area contributed by atoms with Gasteiger partial charge in [-0.15, -0.1) is 0 Å². The quantitative estimate of drug-likeness (QED) is 0.520. The first-order valence-corrected chi connectivity index (χ1v) is 2.40. The van der Waals surface area contributed by atoms with E-state index in [1.165, 1.54) is 7.11 Å². The van der Waals surface area contributed by atoms with Gasteiger partial charge in [0.1, 0.15) is 0 Å². The summed E-state index contributed by atoms with van der Waals surface area (Å²) in [5, 5.41) is 0. The molecule has 0 aliphatic rings. The van der Waals surface area contributed by atoms with E-state index in [9.17, 15) is 0 Å². The molecule has 0 saturated carbocycles. The third-order valence-electron chi connectivity index (χ3n) is 0.553. The monoisotopic (exact) mass is 124 g/mol. The fraction of sp³-hybridized carbons (Fsp3) is 1.00. The molecule has 0 bridgehead atoms. The Bertz CT molecular complexity index is 40.7. The van der Waals surface area contributed by atoms with Crippen LogP contribution >= 0.6 is 11.6 Å². The van der Waals surface area contributed by atoms with Gasteiger partial charge in [0.25, 0.3) is 0 Å². The summed E-state index contributed by atoms with van der Waals surface area (Å²) in [5.41, 5.74) is -0.301. The van der Waals surface area contributed by atoms with E-state index in [0.717, 1.165) is 0 Å². The minimum Gasteiger partial charge on any atom is -0.381 e. The Morgan fingerprint density at radius 1 is 1.57 bits per heavy atom. The Balaban J connectivity index is 2.83. The van der Waals surface area contributed by atoms with Gasteiger partial charge >= 0.3 is 0 Å². The molecule has 0 heterocycles. The summed E-state index contributed by atoms with van der Waals surface area (Å²) in [5.74, 6) is 0. The summed E-state index contributed by atoms with van der Waals surface area (Å²) < 4.78 is 9.27. The molecule has 0 aliphatic carbocycles. The zero-order valence-electron chi connectivity index (χ0n) is 4.48. The van der Waals surface area contributed by atoms with E-state index in [1.807, 2.05) is 0 Å². The largest absolute Gasteiger partial charge is 0.381 e. The molecule has 7 heavy (non-hydrogen) atoms. The van der Waals surface area contributed by atoms with Crippen LogP contribution in [0.2, 0.25) is 0 Å². The molecule has 1 unspecified atom stereocenters. The molecule has 0 spiro atoms. The van der Waals surface area contributed by atoms with Crippen LogP contribution in [-0.4, -0.2) is 26.4 Å². The molecule has 0 aromatic rings. The smallest absolute Gasteiger partial charge is 0.153 e. The summed E-state index contributed by atoms with van der Waals surface area (Å²) in [6.45, 7) is 0.443. The molecule has 44 valence electrons. The maximum Gasteiger partial charge on any atom is 0.153 e.